The molecule has 2 N–H and O–H groups in total. The first-order valence-corrected chi connectivity index (χ1v) is 17.2. The minimum atomic E-state index is -4.14. The van der Waals surface area contributed by atoms with Gasteiger partial charge in [0.2, 0.25) is 5.88 Å². The third-order valence-electron chi connectivity index (χ3n) is 11.0. The molecule has 2 aliphatic carbocycles. The van der Waals surface area contributed by atoms with Gasteiger partial charge in [-0.2, -0.15) is 13.2 Å². The first-order valence-electron chi connectivity index (χ1n) is 16.3. The summed E-state index contributed by atoms with van der Waals surface area (Å²) in [5, 5.41) is 9.38. The molecule has 1 aromatic heterocycles. The van der Waals surface area contributed by atoms with Gasteiger partial charge in [0.25, 0.3) is 0 Å². The van der Waals surface area contributed by atoms with Gasteiger partial charge in [-0.05, 0) is 96.3 Å². The minimum Gasteiger partial charge on any atom is -0.477 e. The SMILES string of the molecule is CC1(C)CC2CCCCC3CCC(CC3)SNCC3CCC(n4ccc(OCCC5(C(F)(F)F)CC5)n4)NC3N1C2. The second-order valence-electron chi connectivity index (χ2n) is 14.4. The summed E-state index contributed by atoms with van der Waals surface area (Å²) in [6, 6.07) is 1.79. The molecule has 1 aromatic rings. The third kappa shape index (κ3) is 6.91. The molecular weight excluding hydrogens is 547 g/mol. The summed E-state index contributed by atoms with van der Waals surface area (Å²) in [6.07, 6.45) is 12.8. The van der Waals surface area contributed by atoms with E-state index in [4.69, 9.17) is 4.74 Å². The molecule has 0 aromatic carbocycles. The Bertz CT molecular complexity index is 1010. The number of piperidine rings is 1. The predicted molar refractivity (Wildman–Crippen MR) is 157 cm³/mol. The molecule has 0 amide bonds. The molecule has 232 valence electrons. The number of hydrogen-bond donors (Lipinski definition) is 2. The summed E-state index contributed by atoms with van der Waals surface area (Å²) in [7, 11) is 0. The zero-order valence-electron chi connectivity index (χ0n) is 24.9. The van der Waals surface area contributed by atoms with E-state index in [0.717, 1.165) is 43.0 Å². The Morgan fingerprint density at radius 2 is 1.78 bits per heavy atom. The van der Waals surface area contributed by atoms with Crippen LogP contribution in [0.15, 0.2) is 12.3 Å². The van der Waals surface area contributed by atoms with Crippen molar-refractivity contribution in [2.75, 3.05) is 19.7 Å². The predicted octanol–water partition coefficient (Wildman–Crippen LogP) is 7.29. The van der Waals surface area contributed by atoms with Gasteiger partial charge in [-0.3, -0.25) is 19.6 Å². The van der Waals surface area contributed by atoms with Crippen LogP contribution in [0.1, 0.15) is 110 Å². The normalized spacial score (nSPS) is 37.4. The van der Waals surface area contributed by atoms with Crippen molar-refractivity contribution in [2.24, 2.45) is 23.2 Å². The van der Waals surface area contributed by atoms with Gasteiger partial charge < -0.3 is 4.74 Å². The van der Waals surface area contributed by atoms with Crippen LogP contribution in [0.2, 0.25) is 0 Å². The van der Waals surface area contributed by atoms with Crippen LogP contribution in [0.4, 0.5) is 13.2 Å². The number of aromatic nitrogens is 2. The molecule has 6 nitrogen and oxygen atoms in total. The molecule has 41 heavy (non-hydrogen) atoms. The Hall–Kier alpha value is -0.970. The molecule has 4 bridgehead atoms. The van der Waals surface area contributed by atoms with Crippen molar-refractivity contribution in [3.63, 3.8) is 0 Å². The van der Waals surface area contributed by atoms with Crippen molar-refractivity contribution in [3.05, 3.63) is 12.3 Å². The number of hydrogen-bond acceptors (Lipinski definition) is 6. The van der Waals surface area contributed by atoms with Gasteiger partial charge in [-0.1, -0.05) is 31.2 Å². The van der Waals surface area contributed by atoms with E-state index in [1.165, 1.54) is 57.8 Å². The van der Waals surface area contributed by atoms with Crippen LogP contribution in [0, 0.1) is 23.2 Å². The van der Waals surface area contributed by atoms with Gasteiger partial charge in [0.1, 0.15) is 6.17 Å². The van der Waals surface area contributed by atoms with E-state index >= 15 is 0 Å². The van der Waals surface area contributed by atoms with Crippen molar-refractivity contribution in [1.82, 2.24) is 24.7 Å². The van der Waals surface area contributed by atoms with E-state index in [1.807, 2.05) is 22.8 Å². The molecule has 0 radical (unpaired) electrons. The molecule has 5 unspecified atom stereocenters. The highest BCUT2D eigenvalue weighted by molar-refractivity contribution is 7.98. The second kappa shape index (κ2) is 12.2. The van der Waals surface area contributed by atoms with Crippen molar-refractivity contribution < 1.29 is 17.9 Å². The van der Waals surface area contributed by atoms with Gasteiger partial charge in [-0.25, -0.2) is 0 Å². The molecule has 5 atom stereocenters. The van der Waals surface area contributed by atoms with Crippen molar-refractivity contribution in [1.29, 1.82) is 0 Å². The highest BCUT2D eigenvalue weighted by atomic mass is 32.2. The topological polar surface area (TPSA) is 54.4 Å². The number of alkyl halides is 3. The molecule has 6 aliphatic rings. The standard InChI is InChI=1S/C31H50F3N5OS/c1-29(2)19-23-6-4-3-5-22-7-10-25(11-8-22)41-35-20-24-9-12-26(36-28(24)38(29)21-23)39-17-13-27(37-39)40-18-16-30(14-15-30)31(32,33)34/h13,17,22-26,28,35-36H,3-12,14-16,18-21H2,1-2H3. The summed E-state index contributed by atoms with van der Waals surface area (Å²) < 4.78 is 51.3. The van der Waals surface area contributed by atoms with Crippen molar-refractivity contribution >= 4 is 11.9 Å². The highest BCUT2D eigenvalue weighted by Crippen LogP contribution is 2.59. The van der Waals surface area contributed by atoms with Crippen LogP contribution in [-0.4, -0.2) is 57.5 Å². The van der Waals surface area contributed by atoms with Crippen molar-refractivity contribution in [3.8, 4) is 5.88 Å². The van der Waals surface area contributed by atoms with Gasteiger partial charge >= 0.3 is 6.18 Å². The summed E-state index contributed by atoms with van der Waals surface area (Å²) in [4.78, 5) is 2.74. The fraction of sp³-hybridized carbons (Fsp3) is 0.903. The number of halogens is 3. The molecule has 6 fully saturated rings. The lowest BCUT2D eigenvalue weighted by molar-refractivity contribution is -0.190. The van der Waals surface area contributed by atoms with E-state index in [1.54, 1.807) is 6.07 Å². The second-order valence-corrected chi connectivity index (χ2v) is 15.6. The third-order valence-corrected chi connectivity index (χ3v) is 12.2. The van der Waals surface area contributed by atoms with E-state index in [9.17, 15) is 13.2 Å². The maximum Gasteiger partial charge on any atom is 0.394 e. The van der Waals surface area contributed by atoms with Gasteiger partial charge in [-0.15, -0.1) is 5.10 Å². The van der Waals surface area contributed by atoms with Crippen LogP contribution in [0.3, 0.4) is 0 Å². The fourth-order valence-electron chi connectivity index (χ4n) is 8.24. The average Bonchev–Trinajstić information content (AvgIpc) is 3.48. The van der Waals surface area contributed by atoms with Crippen LogP contribution in [-0.2, 0) is 0 Å². The maximum absolute atomic E-state index is 13.3. The minimum absolute atomic E-state index is 0.00640. The van der Waals surface area contributed by atoms with Gasteiger partial charge in [0.15, 0.2) is 0 Å². The Labute approximate surface area is 248 Å². The van der Waals surface area contributed by atoms with Crippen LogP contribution < -0.4 is 14.8 Å². The molecule has 5 heterocycles. The summed E-state index contributed by atoms with van der Waals surface area (Å²) >= 11 is 1.98. The quantitative estimate of drug-likeness (QED) is 0.348. The number of ether oxygens (including phenoxy) is 1. The molecule has 7 rings (SSSR count). The zero-order valence-corrected chi connectivity index (χ0v) is 25.7. The summed E-state index contributed by atoms with van der Waals surface area (Å²) in [5.74, 6) is 2.61. The number of nitrogens with one attached hydrogen (secondary N) is 2. The Morgan fingerprint density at radius 1 is 1.02 bits per heavy atom. The Balaban J connectivity index is 1.11. The lowest BCUT2D eigenvalue weighted by Gasteiger charge is -2.47. The molecule has 0 spiro atoms. The number of nitrogens with zero attached hydrogens (tertiary/aromatic N) is 3. The summed E-state index contributed by atoms with van der Waals surface area (Å²) in [6.45, 7) is 7.02. The highest BCUT2D eigenvalue weighted by Gasteiger charge is 2.62. The van der Waals surface area contributed by atoms with E-state index in [2.05, 4.69) is 33.9 Å². The van der Waals surface area contributed by atoms with Crippen LogP contribution in [0.25, 0.3) is 0 Å². The lowest BCUT2D eigenvalue weighted by atomic mass is 9.84. The van der Waals surface area contributed by atoms with E-state index in [-0.39, 0.29) is 43.7 Å². The first kappa shape index (κ1) is 30.1. The van der Waals surface area contributed by atoms with Gasteiger partial charge in [0, 0.05) is 42.1 Å². The zero-order chi connectivity index (χ0) is 28.7. The lowest BCUT2D eigenvalue weighted by Crippen LogP contribution is -2.60. The molecule has 2 saturated carbocycles. The first-order chi connectivity index (χ1) is 19.6. The van der Waals surface area contributed by atoms with Crippen molar-refractivity contribution in [2.45, 2.75) is 133 Å². The van der Waals surface area contributed by atoms with E-state index in [0.29, 0.717) is 11.8 Å². The Morgan fingerprint density at radius 3 is 2.51 bits per heavy atom. The van der Waals surface area contributed by atoms with E-state index < -0.39 is 11.6 Å². The largest absolute Gasteiger partial charge is 0.477 e. The average molecular weight is 598 g/mol. The smallest absolute Gasteiger partial charge is 0.394 e. The number of rotatable bonds is 5. The fourth-order valence-corrected chi connectivity index (χ4v) is 9.29. The van der Waals surface area contributed by atoms with Crippen LogP contribution >= 0.6 is 11.9 Å². The monoisotopic (exact) mass is 597 g/mol. The maximum atomic E-state index is 13.3. The molecule has 4 aliphatic heterocycles. The van der Waals surface area contributed by atoms with Crippen LogP contribution in [0.5, 0.6) is 5.88 Å². The number of fused-ring (bicyclic) bond motifs is 7. The molecular formula is C31H50F3N5OS. The summed E-state index contributed by atoms with van der Waals surface area (Å²) in [5.41, 5.74) is -1.40. The molecule has 10 heteroatoms. The van der Waals surface area contributed by atoms with Gasteiger partial charge in [0.05, 0.1) is 18.2 Å². The molecule has 4 saturated heterocycles. The Kier molecular flexibility index (Phi) is 8.95.